The largest absolute Gasteiger partial charge is 0.346 e. The third kappa shape index (κ3) is 4.52. The summed E-state index contributed by atoms with van der Waals surface area (Å²) in [5.74, 6) is 2.37. The zero-order valence-corrected chi connectivity index (χ0v) is 16.8. The fourth-order valence-corrected chi connectivity index (χ4v) is 4.51. The molecule has 4 rings (SSSR count). The van der Waals surface area contributed by atoms with Crippen molar-refractivity contribution in [1.29, 1.82) is 0 Å². The van der Waals surface area contributed by atoms with Crippen LogP contribution in [0.1, 0.15) is 25.7 Å². The molecule has 1 aliphatic heterocycles. The Morgan fingerprint density at radius 3 is 2.89 bits per heavy atom. The Labute approximate surface area is 169 Å². The van der Waals surface area contributed by atoms with Crippen LogP contribution in [0.25, 0.3) is 11.0 Å². The molecule has 2 aromatic rings. The Morgan fingerprint density at radius 2 is 2.14 bits per heavy atom. The van der Waals surface area contributed by atoms with Gasteiger partial charge in [0.05, 0.1) is 35.0 Å². The van der Waals surface area contributed by atoms with Gasteiger partial charge in [0.15, 0.2) is 0 Å². The van der Waals surface area contributed by atoms with E-state index in [1.807, 2.05) is 55.1 Å². The molecule has 1 fully saturated rings. The lowest BCUT2D eigenvalue weighted by Crippen LogP contribution is -2.75. The monoisotopic (exact) mass is 397 g/mol. The molecule has 0 amide bonds. The molecule has 1 saturated carbocycles. The van der Waals surface area contributed by atoms with Crippen molar-refractivity contribution in [1.82, 2.24) is 15.3 Å². The SMILES string of the molecule is CNC(Nc1ccc2ncc(NC3=CC=C[NH2+]3)cc2n1)SC(=[NH2+])C1CCCC1. The minimum atomic E-state index is -0.0239. The fourth-order valence-electron chi connectivity index (χ4n) is 3.52. The fraction of sp³-hybridized carbons (Fsp3) is 0.350. The zero-order chi connectivity index (χ0) is 19.3. The Morgan fingerprint density at radius 1 is 1.29 bits per heavy atom. The average Bonchev–Trinajstić information content (AvgIpc) is 3.41. The molecule has 1 unspecified atom stereocenters. The van der Waals surface area contributed by atoms with E-state index < -0.39 is 0 Å². The molecule has 146 valence electrons. The predicted octanol–water partition coefficient (Wildman–Crippen LogP) is 0.970. The second-order valence-corrected chi connectivity index (χ2v) is 8.25. The highest BCUT2D eigenvalue weighted by molar-refractivity contribution is 8.14. The minimum absolute atomic E-state index is 0.0239. The highest BCUT2D eigenvalue weighted by atomic mass is 32.2. The molecule has 0 saturated heterocycles. The summed E-state index contributed by atoms with van der Waals surface area (Å²) >= 11 is 1.65. The molecule has 8 heteroatoms. The molecule has 7 nitrogen and oxygen atoms in total. The van der Waals surface area contributed by atoms with Crippen molar-refractivity contribution in [2.24, 2.45) is 5.92 Å². The highest BCUT2D eigenvalue weighted by Crippen LogP contribution is 2.29. The molecular weight excluding hydrogens is 370 g/mol. The van der Waals surface area contributed by atoms with Crippen LogP contribution in [0.2, 0.25) is 0 Å². The standard InChI is InChI=1S/C20H25N7S/c1-22-20(28-19(21)13-5-2-3-6-13)27-18-9-8-15-16(26-18)11-14(12-24-15)25-17-7-4-10-23-17/h4,7-13,20-23,25H,2-3,5-6H2,1H3,(H,26,27)/p+2. The third-order valence-electron chi connectivity index (χ3n) is 5.04. The second kappa shape index (κ2) is 8.72. The van der Waals surface area contributed by atoms with Crippen molar-refractivity contribution < 1.29 is 10.7 Å². The Kier molecular flexibility index (Phi) is 5.90. The lowest BCUT2D eigenvalue weighted by molar-refractivity contribution is -0.528. The van der Waals surface area contributed by atoms with Crippen LogP contribution < -0.4 is 26.7 Å². The van der Waals surface area contributed by atoms with Crippen LogP contribution in [0, 0.1) is 5.92 Å². The normalized spacial score (nSPS) is 17.7. The second-order valence-electron chi connectivity index (χ2n) is 7.07. The van der Waals surface area contributed by atoms with E-state index >= 15 is 0 Å². The molecule has 28 heavy (non-hydrogen) atoms. The number of quaternary nitrogens is 1. The molecule has 0 bridgehead atoms. The summed E-state index contributed by atoms with van der Waals surface area (Å²) in [6.45, 7) is 0. The number of hydrogen-bond donors (Lipinski definition) is 5. The Hall–Kier alpha value is -2.42. The molecule has 0 aromatic carbocycles. The van der Waals surface area contributed by atoms with E-state index in [2.05, 4.69) is 20.9 Å². The van der Waals surface area contributed by atoms with Gasteiger partial charge in [0.1, 0.15) is 11.3 Å². The maximum atomic E-state index is 6.34. The van der Waals surface area contributed by atoms with Gasteiger partial charge in [0.25, 0.3) is 0 Å². The van der Waals surface area contributed by atoms with Crippen molar-refractivity contribution in [3.63, 3.8) is 0 Å². The van der Waals surface area contributed by atoms with E-state index in [1.54, 1.807) is 11.8 Å². The highest BCUT2D eigenvalue weighted by Gasteiger charge is 2.26. The summed E-state index contributed by atoms with van der Waals surface area (Å²) in [7, 11) is 1.93. The first-order valence-electron chi connectivity index (χ1n) is 9.69. The van der Waals surface area contributed by atoms with Gasteiger partial charge in [-0.25, -0.2) is 4.98 Å². The lowest BCUT2D eigenvalue weighted by atomic mass is 10.1. The van der Waals surface area contributed by atoms with Crippen molar-refractivity contribution in [2.75, 3.05) is 17.7 Å². The van der Waals surface area contributed by atoms with Gasteiger partial charge in [-0.2, -0.15) is 0 Å². The van der Waals surface area contributed by atoms with Gasteiger partial charge in [-0.1, -0.05) is 12.8 Å². The first-order chi connectivity index (χ1) is 13.7. The van der Waals surface area contributed by atoms with E-state index in [-0.39, 0.29) is 5.50 Å². The van der Waals surface area contributed by atoms with E-state index in [0.29, 0.717) is 5.92 Å². The predicted molar refractivity (Wildman–Crippen MR) is 115 cm³/mol. The van der Waals surface area contributed by atoms with Crippen molar-refractivity contribution in [2.45, 2.75) is 31.2 Å². The summed E-state index contributed by atoms with van der Waals surface area (Å²) in [6, 6.07) is 5.95. The molecule has 0 spiro atoms. The number of pyridine rings is 2. The number of aromatic nitrogens is 2. The average molecular weight is 398 g/mol. The maximum Gasteiger partial charge on any atom is 0.213 e. The van der Waals surface area contributed by atoms with Crippen LogP contribution in [0.15, 0.2) is 48.6 Å². The van der Waals surface area contributed by atoms with E-state index in [9.17, 15) is 0 Å². The Balaban J connectivity index is 1.45. The first-order valence-corrected chi connectivity index (χ1v) is 10.6. The number of nitrogens with zero attached hydrogens (tertiary/aromatic N) is 2. The van der Waals surface area contributed by atoms with Crippen LogP contribution >= 0.6 is 11.8 Å². The van der Waals surface area contributed by atoms with E-state index in [0.717, 1.165) is 33.4 Å². The minimum Gasteiger partial charge on any atom is -0.346 e. The molecular formula is C20H27N7S+2. The van der Waals surface area contributed by atoms with E-state index in [4.69, 9.17) is 10.4 Å². The number of fused-ring (bicyclic) bond motifs is 1. The maximum absolute atomic E-state index is 6.34. The summed E-state index contributed by atoms with van der Waals surface area (Å²) < 4.78 is 0. The van der Waals surface area contributed by atoms with Crippen LogP contribution in [0.4, 0.5) is 11.5 Å². The van der Waals surface area contributed by atoms with Crippen LogP contribution in [-0.4, -0.2) is 27.6 Å². The van der Waals surface area contributed by atoms with Gasteiger partial charge in [-0.15, -0.1) is 0 Å². The van der Waals surface area contributed by atoms with Crippen molar-refractivity contribution in [3.05, 3.63) is 48.6 Å². The Bertz CT molecular complexity index is 918. The molecule has 2 aliphatic rings. The summed E-state index contributed by atoms with van der Waals surface area (Å²) in [5, 5.41) is 19.4. The lowest BCUT2D eigenvalue weighted by Gasteiger charge is -2.18. The van der Waals surface area contributed by atoms with Crippen LogP contribution in [0.5, 0.6) is 0 Å². The topological polar surface area (TPSA) is 104 Å². The number of rotatable bonds is 7. The first kappa shape index (κ1) is 18.9. The van der Waals surface area contributed by atoms with Crippen molar-refractivity contribution >= 4 is 39.3 Å². The number of nitrogens with one attached hydrogen (secondary N) is 3. The summed E-state index contributed by atoms with van der Waals surface area (Å²) in [5.41, 5.74) is 2.60. The molecule has 2 aromatic heterocycles. The van der Waals surface area contributed by atoms with Crippen LogP contribution in [0.3, 0.4) is 0 Å². The molecule has 3 heterocycles. The number of anilines is 2. The van der Waals surface area contributed by atoms with Gasteiger partial charge < -0.3 is 10.6 Å². The molecule has 0 radical (unpaired) electrons. The van der Waals surface area contributed by atoms with Gasteiger partial charge in [-0.05, 0) is 55.9 Å². The van der Waals surface area contributed by atoms with Gasteiger partial charge in [-0.3, -0.25) is 21.0 Å². The van der Waals surface area contributed by atoms with Crippen LogP contribution in [-0.2, 0) is 0 Å². The summed E-state index contributed by atoms with van der Waals surface area (Å²) in [4.78, 5) is 9.25. The van der Waals surface area contributed by atoms with E-state index in [1.165, 1.54) is 25.7 Å². The summed E-state index contributed by atoms with van der Waals surface area (Å²) in [6.07, 6.45) is 12.8. The zero-order valence-electron chi connectivity index (χ0n) is 16.0. The van der Waals surface area contributed by atoms with Gasteiger partial charge >= 0.3 is 0 Å². The number of hydrogen-bond acceptors (Lipinski definition) is 6. The number of allylic oxidation sites excluding steroid dienone is 2. The third-order valence-corrected chi connectivity index (χ3v) is 6.24. The van der Waals surface area contributed by atoms with Crippen molar-refractivity contribution in [3.8, 4) is 0 Å². The van der Waals surface area contributed by atoms with Gasteiger partial charge in [0.2, 0.25) is 10.9 Å². The molecule has 1 atom stereocenters. The smallest absolute Gasteiger partial charge is 0.213 e. The number of nitrogens with two attached hydrogens (primary N) is 2. The van der Waals surface area contributed by atoms with Gasteiger partial charge in [0, 0.05) is 6.08 Å². The molecule has 7 N–H and O–H groups in total. The molecule has 1 aliphatic carbocycles. The number of thioether (sulfide) groups is 1. The quantitative estimate of drug-likeness (QED) is 0.271.